The van der Waals surface area contributed by atoms with Crippen LogP contribution in [0.3, 0.4) is 0 Å². The van der Waals surface area contributed by atoms with E-state index < -0.39 is 11.2 Å². The van der Waals surface area contributed by atoms with Gasteiger partial charge in [-0.15, -0.1) is 0 Å². The molecule has 0 spiro atoms. The van der Waals surface area contributed by atoms with Crippen molar-refractivity contribution in [3.63, 3.8) is 0 Å². The third-order valence-corrected chi connectivity index (χ3v) is 2.20. The average Bonchev–Trinajstić information content (AvgIpc) is 2.18. The number of hydrogen-bond acceptors (Lipinski definition) is 3. The van der Waals surface area contributed by atoms with Gasteiger partial charge in [-0.3, -0.25) is 4.79 Å². The molecule has 0 aliphatic rings. The van der Waals surface area contributed by atoms with Crippen LogP contribution in [-0.2, 0) is 9.53 Å². The second-order valence-corrected chi connectivity index (χ2v) is 3.22. The summed E-state index contributed by atoms with van der Waals surface area (Å²) in [5.41, 5.74) is 0.633. The monoisotopic (exact) mass is 214 g/mol. The lowest BCUT2D eigenvalue weighted by atomic mass is 10.1. The molecule has 0 aliphatic heterocycles. The van der Waals surface area contributed by atoms with Gasteiger partial charge >= 0.3 is 5.97 Å². The lowest BCUT2D eigenvalue weighted by Crippen LogP contribution is -2.11. The maximum atomic E-state index is 12.6. The number of carbonyl (C=O) groups excluding carboxylic acids is 1. The second-order valence-electron chi connectivity index (χ2n) is 2.71. The molecule has 0 bridgehead atoms. The molecule has 2 nitrogen and oxygen atoms in total. The van der Waals surface area contributed by atoms with Gasteiger partial charge < -0.3 is 4.74 Å². The number of thiol groups is 1. The van der Waals surface area contributed by atoms with Gasteiger partial charge in [0.15, 0.2) is 0 Å². The smallest absolute Gasteiger partial charge is 0.323 e. The zero-order valence-corrected chi connectivity index (χ0v) is 8.63. The molecular formula is C10H11FO2S. The summed E-state index contributed by atoms with van der Waals surface area (Å²) in [6.45, 7) is 2.04. The molecule has 0 aromatic heterocycles. The highest BCUT2D eigenvalue weighted by Gasteiger charge is 2.16. The van der Waals surface area contributed by atoms with E-state index in [2.05, 4.69) is 12.6 Å². The Bertz CT molecular complexity index is 310. The molecule has 0 N–H and O–H groups in total. The third-order valence-electron chi connectivity index (χ3n) is 1.70. The summed E-state index contributed by atoms with van der Waals surface area (Å²) >= 11 is 4.09. The Hall–Kier alpha value is -1.03. The quantitative estimate of drug-likeness (QED) is 0.617. The Morgan fingerprint density at radius 3 is 2.57 bits per heavy atom. The van der Waals surface area contributed by atoms with E-state index in [0.717, 1.165) is 0 Å². The highest BCUT2D eigenvalue weighted by atomic mass is 32.1. The SMILES string of the molecule is CCOC(=O)C(S)c1ccc(F)cc1. The van der Waals surface area contributed by atoms with Crippen molar-refractivity contribution in [1.29, 1.82) is 0 Å². The van der Waals surface area contributed by atoms with Gasteiger partial charge in [0.2, 0.25) is 0 Å². The summed E-state index contributed by atoms with van der Waals surface area (Å²) in [5, 5.41) is -0.643. The molecule has 0 saturated heterocycles. The first-order valence-corrected chi connectivity index (χ1v) is 4.77. The second kappa shape index (κ2) is 5.00. The maximum absolute atomic E-state index is 12.6. The van der Waals surface area contributed by atoms with E-state index in [4.69, 9.17) is 4.74 Å². The maximum Gasteiger partial charge on any atom is 0.323 e. The minimum atomic E-state index is -0.643. The molecule has 4 heteroatoms. The fraction of sp³-hybridized carbons (Fsp3) is 0.300. The molecule has 0 aliphatic carbocycles. The van der Waals surface area contributed by atoms with Crippen molar-refractivity contribution in [2.75, 3.05) is 6.61 Å². The topological polar surface area (TPSA) is 26.3 Å². The van der Waals surface area contributed by atoms with Crippen molar-refractivity contribution in [3.05, 3.63) is 35.6 Å². The van der Waals surface area contributed by atoms with Crippen molar-refractivity contribution < 1.29 is 13.9 Å². The molecule has 1 atom stereocenters. The lowest BCUT2D eigenvalue weighted by molar-refractivity contribution is -0.142. The predicted molar refractivity (Wildman–Crippen MR) is 54.8 cm³/mol. The van der Waals surface area contributed by atoms with Crippen molar-refractivity contribution >= 4 is 18.6 Å². The van der Waals surface area contributed by atoms with Crippen LogP contribution in [0.2, 0.25) is 0 Å². The van der Waals surface area contributed by atoms with Gasteiger partial charge in [-0.25, -0.2) is 4.39 Å². The van der Waals surface area contributed by atoms with Gasteiger partial charge in [0.1, 0.15) is 11.1 Å². The Morgan fingerprint density at radius 2 is 2.07 bits per heavy atom. The van der Waals surface area contributed by atoms with E-state index in [1.54, 1.807) is 6.92 Å². The van der Waals surface area contributed by atoms with Crippen molar-refractivity contribution in [2.45, 2.75) is 12.2 Å². The standard InChI is InChI=1S/C10H11FO2S/c1-2-13-10(12)9(14)7-3-5-8(11)6-4-7/h3-6,9,14H,2H2,1H3. The molecule has 1 aromatic carbocycles. The molecule has 0 radical (unpaired) electrons. The van der Waals surface area contributed by atoms with E-state index in [1.165, 1.54) is 24.3 Å². The van der Waals surface area contributed by atoms with Gasteiger partial charge in [-0.1, -0.05) is 12.1 Å². The van der Waals surface area contributed by atoms with E-state index in [1.807, 2.05) is 0 Å². The molecule has 1 aromatic rings. The number of rotatable bonds is 3. The average molecular weight is 214 g/mol. The Morgan fingerprint density at radius 1 is 1.50 bits per heavy atom. The Balaban J connectivity index is 2.73. The highest BCUT2D eigenvalue weighted by molar-refractivity contribution is 7.81. The number of esters is 1. The normalized spacial score (nSPS) is 12.2. The van der Waals surface area contributed by atoms with Gasteiger partial charge in [0.25, 0.3) is 0 Å². The number of carbonyl (C=O) groups is 1. The van der Waals surface area contributed by atoms with Crippen LogP contribution in [-0.4, -0.2) is 12.6 Å². The fourth-order valence-electron chi connectivity index (χ4n) is 1.00. The van der Waals surface area contributed by atoms with Crippen LogP contribution in [0, 0.1) is 5.82 Å². The Kier molecular flexibility index (Phi) is 3.95. The molecule has 14 heavy (non-hydrogen) atoms. The van der Waals surface area contributed by atoms with E-state index in [-0.39, 0.29) is 5.82 Å². The predicted octanol–water partition coefficient (Wildman–Crippen LogP) is 2.36. The molecule has 0 fully saturated rings. The summed E-state index contributed by atoms with van der Waals surface area (Å²) in [6, 6.07) is 5.61. The summed E-state index contributed by atoms with van der Waals surface area (Å²) in [6.07, 6.45) is 0. The molecule has 0 amide bonds. The number of benzene rings is 1. The van der Waals surface area contributed by atoms with Crippen molar-refractivity contribution in [3.8, 4) is 0 Å². The minimum absolute atomic E-state index is 0.317. The minimum Gasteiger partial charge on any atom is -0.465 e. The van der Waals surface area contributed by atoms with Gasteiger partial charge in [-0.2, -0.15) is 12.6 Å². The van der Waals surface area contributed by atoms with Crippen LogP contribution < -0.4 is 0 Å². The molecular weight excluding hydrogens is 203 g/mol. The van der Waals surface area contributed by atoms with E-state index in [0.29, 0.717) is 12.2 Å². The van der Waals surface area contributed by atoms with Crippen LogP contribution >= 0.6 is 12.6 Å². The molecule has 1 unspecified atom stereocenters. The summed E-state index contributed by atoms with van der Waals surface area (Å²) in [5.74, 6) is -0.749. The Labute approximate surface area is 87.5 Å². The van der Waals surface area contributed by atoms with Gasteiger partial charge in [-0.05, 0) is 24.6 Å². The number of halogens is 1. The van der Waals surface area contributed by atoms with Crippen LogP contribution in [0.4, 0.5) is 4.39 Å². The summed E-state index contributed by atoms with van der Waals surface area (Å²) < 4.78 is 17.3. The number of hydrogen-bond donors (Lipinski definition) is 1. The van der Waals surface area contributed by atoms with Crippen LogP contribution in [0.1, 0.15) is 17.7 Å². The van der Waals surface area contributed by atoms with E-state index >= 15 is 0 Å². The van der Waals surface area contributed by atoms with Crippen LogP contribution in [0.15, 0.2) is 24.3 Å². The van der Waals surface area contributed by atoms with Crippen molar-refractivity contribution in [2.24, 2.45) is 0 Å². The van der Waals surface area contributed by atoms with Crippen LogP contribution in [0.25, 0.3) is 0 Å². The van der Waals surface area contributed by atoms with Crippen LogP contribution in [0.5, 0.6) is 0 Å². The fourth-order valence-corrected chi connectivity index (χ4v) is 1.25. The lowest BCUT2D eigenvalue weighted by Gasteiger charge is -2.09. The first-order chi connectivity index (χ1) is 6.65. The molecule has 0 saturated carbocycles. The summed E-state index contributed by atoms with van der Waals surface area (Å²) in [7, 11) is 0. The molecule has 1 rings (SSSR count). The van der Waals surface area contributed by atoms with Crippen molar-refractivity contribution in [1.82, 2.24) is 0 Å². The van der Waals surface area contributed by atoms with E-state index in [9.17, 15) is 9.18 Å². The first-order valence-electron chi connectivity index (χ1n) is 4.25. The first kappa shape index (κ1) is 11.0. The molecule has 76 valence electrons. The molecule has 0 heterocycles. The van der Waals surface area contributed by atoms with Gasteiger partial charge in [0.05, 0.1) is 6.61 Å². The van der Waals surface area contributed by atoms with Gasteiger partial charge in [0, 0.05) is 0 Å². The zero-order chi connectivity index (χ0) is 10.6. The highest BCUT2D eigenvalue weighted by Crippen LogP contribution is 2.21. The summed E-state index contributed by atoms with van der Waals surface area (Å²) in [4.78, 5) is 11.2. The third kappa shape index (κ3) is 2.73. The zero-order valence-electron chi connectivity index (χ0n) is 7.74. The number of ether oxygens (including phenoxy) is 1. The largest absolute Gasteiger partial charge is 0.465 e.